The van der Waals surface area contributed by atoms with Crippen LogP contribution in [-0.2, 0) is 9.53 Å². The lowest BCUT2D eigenvalue weighted by atomic mass is 10.1. The lowest BCUT2D eigenvalue weighted by Gasteiger charge is -2.35. The highest BCUT2D eigenvalue weighted by Crippen LogP contribution is 2.33. The molecule has 1 aromatic rings. The summed E-state index contributed by atoms with van der Waals surface area (Å²) >= 11 is 0. The van der Waals surface area contributed by atoms with Gasteiger partial charge in [-0.25, -0.2) is 8.78 Å². The van der Waals surface area contributed by atoms with Crippen molar-refractivity contribution in [1.29, 1.82) is 0 Å². The number of nitrogens with one attached hydrogen (secondary N) is 1. The summed E-state index contributed by atoms with van der Waals surface area (Å²) in [4.78, 5) is 11.8. The number of halogens is 2. The van der Waals surface area contributed by atoms with Crippen LogP contribution in [0.3, 0.4) is 0 Å². The van der Waals surface area contributed by atoms with Gasteiger partial charge in [0.1, 0.15) is 24.1 Å². The molecule has 0 bridgehead atoms. The predicted octanol–water partition coefficient (Wildman–Crippen LogP) is 1.18. The van der Waals surface area contributed by atoms with Crippen LogP contribution in [0.2, 0.25) is 0 Å². The number of anilines is 1. The van der Waals surface area contributed by atoms with Crippen LogP contribution >= 0.6 is 0 Å². The third-order valence-electron chi connectivity index (χ3n) is 3.95. The molecule has 0 aliphatic carbocycles. The van der Waals surface area contributed by atoms with Crippen molar-refractivity contribution in [3.63, 3.8) is 0 Å². The van der Waals surface area contributed by atoms with E-state index in [0.29, 0.717) is 12.8 Å². The van der Waals surface area contributed by atoms with Crippen molar-refractivity contribution in [2.45, 2.75) is 50.3 Å². The van der Waals surface area contributed by atoms with Gasteiger partial charge < -0.3 is 30.1 Å². The third-order valence-corrected chi connectivity index (χ3v) is 3.95. The van der Waals surface area contributed by atoms with Gasteiger partial charge in [0.05, 0.1) is 12.2 Å². The van der Waals surface area contributed by atoms with Gasteiger partial charge in [-0.2, -0.15) is 0 Å². The second-order valence-corrected chi connectivity index (χ2v) is 6.03. The molecule has 0 spiro atoms. The highest BCUT2D eigenvalue weighted by Gasteiger charge is 2.39. The van der Waals surface area contributed by atoms with Crippen LogP contribution in [0.4, 0.5) is 14.5 Å². The fourth-order valence-electron chi connectivity index (χ4n) is 2.49. The smallest absolute Gasteiger partial charge is 0.267 e. The summed E-state index contributed by atoms with van der Waals surface area (Å²) < 4.78 is 37.1. The quantitative estimate of drug-likeness (QED) is 0.415. The fraction of sp³-hybridized carbons (Fsp3) is 0.500. The number of terminal acetylenes is 1. The molecule has 1 aliphatic rings. The maximum Gasteiger partial charge on any atom is 0.267 e. The SMILES string of the molecule is C#CCCCC(=O)Nc1ccc(OC2OCC(O)C(O)C2O)c(C(F)F)c1. The minimum absolute atomic E-state index is 0.156. The van der Waals surface area contributed by atoms with E-state index in [1.54, 1.807) is 0 Å². The molecule has 1 saturated heterocycles. The molecule has 1 amide bonds. The van der Waals surface area contributed by atoms with E-state index in [9.17, 15) is 28.9 Å². The average molecular weight is 385 g/mol. The first-order valence-electron chi connectivity index (χ1n) is 8.31. The zero-order valence-corrected chi connectivity index (χ0v) is 14.3. The van der Waals surface area contributed by atoms with Gasteiger partial charge in [0.15, 0.2) is 0 Å². The molecule has 7 nitrogen and oxygen atoms in total. The minimum atomic E-state index is -2.92. The van der Waals surface area contributed by atoms with Crippen molar-refractivity contribution in [3.05, 3.63) is 23.8 Å². The van der Waals surface area contributed by atoms with E-state index in [1.807, 2.05) is 0 Å². The van der Waals surface area contributed by atoms with Gasteiger partial charge in [-0.15, -0.1) is 12.3 Å². The summed E-state index contributed by atoms with van der Waals surface area (Å²) in [6.45, 7) is -0.321. The molecular weight excluding hydrogens is 364 g/mol. The molecule has 4 N–H and O–H groups in total. The van der Waals surface area contributed by atoms with Gasteiger partial charge in [-0.3, -0.25) is 4.79 Å². The maximum atomic E-state index is 13.4. The second-order valence-electron chi connectivity index (χ2n) is 6.03. The molecule has 0 aromatic heterocycles. The van der Waals surface area contributed by atoms with Crippen molar-refractivity contribution in [1.82, 2.24) is 0 Å². The Kier molecular flexibility index (Phi) is 7.50. The molecule has 4 atom stereocenters. The Morgan fingerprint density at radius 2 is 2.11 bits per heavy atom. The molecule has 1 aromatic carbocycles. The number of ether oxygens (including phenoxy) is 2. The number of alkyl halides is 2. The van der Waals surface area contributed by atoms with Crippen LogP contribution in [-0.4, -0.2) is 52.4 Å². The van der Waals surface area contributed by atoms with E-state index in [2.05, 4.69) is 11.2 Å². The highest BCUT2D eigenvalue weighted by atomic mass is 19.3. The van der Waals surface area contributed by atoms with Crippen molar-refractivity contribution >= 4 is 11.6 Å². The summed E-state index contributed by atoms with van der Waals surface area (Å²) in [6, 6.07) is 3.62. The number of aliphatic hydroxyl groups excluding tert-OH is 3. The molecule has 27 heavy (non-hydrogen) atoms. The number of aliphatic hydroxyl groups is 3. The molecule has 148 valence electrons. The Morgan fingerprint density at radius 3 is 2.78 bits per heavy atom. The first-order chi connectivity index (χ1) is 12.8. The van der Waals surface area contributed by atoms with Crippen LogP contribution in [0.25, 0.3) is 0 Å². The molecule has 2 rings (SSSR count). The van der Waals surface area contributed by atoms with E-state index in [4.69, 9.17) is 15.9 Å². The van der Waals surface area contributed by atoms with Gasteiger partial charge in [0.25, 0.3) is 6.43 Å². The molecule has 4 unspecified atom stereocenters. The number of unbranched alkanes of at least 4 members (excludes halogenated alkanes) is 1. The van der Waals surface area contributed by atoms with E-state index >= 15 is 0 Å². The van der Waals surface area contributed by atoms with Gasteiger partial charge in [0.2, 0.25) is 12.2 Å². The van der Waals surface area contributed by atoms with E-state index in [-0.39, 0.29) is 30.4 Å². The second kappa shape index (κ2) is 9.62. The summed E-state index contributed by atoms with van der Waals surface area (Å²) in [5.41, 5.74) is -0.364. The molecule has 9 heteroatoms. The maximum absolute atomic E-state index is 13.4. The summed E-state index contributed by atoms with van der Waals surface area (Å²) in [5, 5.41) is 31.4. The number of hydrogen-bond donors (Lipinski definition) is 4. The normalized spacial score (nSPS) is 25.1. The number of carbonyl (C=O) groups excluding carboxylic acids is 1. The first kappa shape index (κ1) is 21.1. The van der Waals surface area contributed by atoms with Crippen LogP contribution in [0.1, 0.15) is 31.3 Å². The first-order valence-corrected chi connectivity index (χ1v) is 8.31. The summed E-state index contributed by atoms with van der Waals surface area (Å²) in [7, 11) is 0. The lowest BCUT2D eigenvalue weighted by Crippen LogP contribution is -2.54. The average Bonchev–Trinajstić information content (AvgIpc) is 2.63. The zero-order chi connectivity index (χ0) is 20.0. The number of carbonyl (C=O) groups is 1. The van der Waals surface area contributed by atoms with Crippen molar-refractivity contribution < 1.29 is 38.4 Å². The standard InChI is InChI=1S/C18H21F2NO6/c1-2-3-4-5-14(23)21-10-6-7-13(11(8-10)17(19)20)27-18-16(25)15(24)12(22)9-26-18/h1,6-8,12,15-18,22,24-25H,3-5,9H2,(H,21,23). The van der Waals surface area contributed by atoms with Crippen LogP contribution in [0.5, 0.6) is 5.75 Å². The number of rotatable bonds is 7. The molecule has 0 saturated carbocycles. The fourth-order valence-corrected chi connectivity index (χ4v) is 2.49. The minimum Gasteiger partial charge on any atom is -0.461 e. The number of hydrogen-bond acceptors (Lipinski definition) is 6. The van der Waals surface area contributed by atoms with E-state index in [0.717, 1.165) is 6.07 Å². The Hall–Kier alpha value is -2.25. The number of amides is 1. The Morgan fingerprint density at radius 1 is 1.37 bits per heavy atom. The van der Waals surface area contributed by atoms with Crippen LogP contribution < -0.4 is 10.1 Å². The van der Waals surface area contributed by atoms with E-state index in [1.165, 1.54) is 12.1 Å². The van der Waals surface area contributed by atoms with Gasteiger partial charge in [-0.1, -0.05) is 0 Å². The van der Waals surface area contributed by atoms with Crippen molar-refractivity contribution in [3.8, 4) is 18.1 Å². The summed E-state index contributed by atoms with van der Waals surface area (Å²) in [6.07, 6.45) is -2.61. The number of benzene rings is 1. The Labute approximate surface area is 154 Å². The topological polar surface area (TPSA) is 108 Å². The highest BCUT2D eigenvalue weighted by molar-refractivity contribution is 5.90. The predicted molar refractivity (Wildman–Crippen MR) is 91.1 cm³/mol. The summed E-state index contributed by atoms with van der Waals surface area (Å²) in [5.74, 6) is 1.77. The van der Waals surface area contributed by atoms with Crippen LogP contribution in [0, 0.1) is 12.3 Å². The lowest BCUT2D eigenvalue weighted by molar-refractivity contribution is -0.242. The van der Waals surface area contributed by atoms with Crippen LogP contribution in [0.15, 0.2) is 18.2 Å². The molecule has 0 radical (unpaired) electrons. The van der Waals surface area contributed by atoms with Gasteiger partial charge in [-0.05, 0) is 24.6 Å². The monoisotopic (exact) mass is 385 g/mol. The largest absolute Gasteiger partial charge is 0.461 e. The van der Waals surface area contributed by atoms with Crippen molar-refractivity contribution in [2.24, 2.45) is 0 Å². The third kappa shape index (κ3) is 5.61. The Balaban J connectivity index is 2.09. The van der Waals surface area contributed by atoms with Gasteiger partial charge in [0, 0.05) is 18.5 Å². The molecule has 1 aliphatic heterocycles. The molecule has 1 heterocycles. The zero-order valence-electron chi connectivity index (χ0n) is 14.3. The van der Waals surface area contributed by atoms with E-state index < -0.39 is 36.6 Å². The van der Waals surface area contributed by atoms with Gasteiger partial charge >= 0.3 is 0 Å². The Bertz CT molecular complexity index is 693. The van der Waals surface area contributed by atoms with Crippen molar-refractivity contribution in [2.75, 3.05) is 11.9 Å². The molecule has 1 fully saturated rings. The molecular formula is C18H21F2NO6.